The Hall–Kier alpha value is -1.61. The van der Waals surface area contributed by atoms with Crippen molar-refractivity contribution in [2.24, 2.45) is 0 Å². The molecular weight excluding hydrogens is 236 g/mol. The first-order valence-electron chi connectivity index (χ1n) is 6.91. The van der Waals surface area contributed by atoms with E-state index in [1.54, 1.807) is 0 Å². The molecule has 0 atom stereocenters. The van der Waals surface area contributed by atoms with Crippen LogP contribution in [-0.2, 0) is 6.54 Å². The van der Waals surface area contributed by atoms with Crippen LogP contribution in [0.15, 0.2) is 29.1 Å². The third kappa shape index (κ3) is 3.44. The van der Waals surface area contributed by atoms with E-state index in [4.69, 9.17) is 0 Å². The first-order chi connectivity index (χ1) is 9.10. The average molecular weight is 258 g/mol. The van der Waals surface area contributed by atoms with Crippen molar-refractivity contribution in [2.45, 2.75) is 33.2 Å². The minimum absolute atomic E-state index is 0.0291. The Morgan fingerprint density at radius 3 is 2.79 bits per heavy atom. The number of pyridine rings is 1. The van der Waals surface area contributed by atoms with Crippen LogP contribution >= 0.6 is 0 Å². The molecule has 0 aliphatic rings. The fourth-order valence-electron chi connectivity index (χ4n) is 2.28. The third-order valence-electron chi connectivity index (χ3n) is 3.41. The molecule has 0 aliphatic heterocycles. The molecule has 1 aromatic carbocycles. The van der Waals surface area contributed by atoms with Crippen molar-refractivity contribution < 1.29 is 0 Å². The average Bonchev–Trinajstić information content (AvgIpc) is 2.37. The standard InChI is InChI=1S/C16H22N2O/c1-4-5-8-18(3)11-14-10-13-7-6-12(2)9-15(13)17-16(14)19/h6-7,9-10H,4-5,8,11H2,1-3H3,(H,17,19). The van der Waals surface area contributed by atoms with Gasteiger partial charge in [-0.3, -0.25) is 4.79 Å². The number of aromatic nitrogens is 1. The molecule has 1 heterocycles. The van der Waals surface area contributed by atoms with Gasteiger partial charge >= 0.3 is 0 Å². The van der Waals surface area contributed by atoms with Crippen LogP contribution in [0.1, 0.15) is 30.9 Å². The molecule has 1 N–H and O–H groups in total. The molecular formula is C16H22N2O. The second-order valence-electron chi connectivity index (χ2n) is 5.31. The Morgan fingerprint density at radius 1 is 1.26 bits per heavy atom. The minimum Gasteiger partial charge on any atom is -0.322 e. The predicted molar refractivity (Wildman–Crippen MR) is 80.5 cm³/mol. The highest BCUT2D eigenvalue weighted by molar-refractivity contribution is 5.79. The van der Waals surface area contributed by atoms with Gasteiger partial charge in [-0.15, -0.1) is 0 Å². The van der Waals surface area contributed by atoms with E-state index in [9.17, 15) is 4.79 Å². The molecule has 0 saturated carbocycles. The van der Waals surface area contributed by atoms with Crippen molar-refractivity contribution in [3.63, 3.8) is 0 Å². The maximum Gasteiger partial charge on any atom is 0.252 e. The summed E-state index contributed by atoms with van der Waals surface area (Å²) in [4.78, 5) is 17.3. The number of unbranched alkanes of at least 4 members (excludes halogenated alkanes) is 1. The maximum absolute atomic E-state index is 12.1. The highest BCUT2D eigenvalue weighted by atomic mass is 16.1. The molecule has 0 amide bonds. The molecule has 0 saturated heterocycles. The lowest BCUT2D eigenvalue weighted by molar-refractivity contribution is 0.319. The number of nitrogens with zero attached hydrogens (tertiary/aromatic N) is 1. The lowest BCUT2D eigenvalue weighted by Crippen LogP contribution is -2.24. The smallest absolute Gasteiger partial charge is 0.252 e. The summed E-state index contributed by atoms with van der Waals surface area (Å²) in [5.41, 5.74) is 2.96. The Morgan fingerprint density at radius 2 is 2.05 bits per heavy atom. The van der Waals surface area contributed by atoms with Crippen LogP contribution in [0.5, 0.6) is 0 Å². The summed E-state index contributed by atoms with van der Waals surface area (Å²) in [5, 5.41) is 1.10. The van der Waals surface area contributed by atoms with Crippen LogP contribution in [0.25, 0.3) is 10.9 Å². The molecule has 0 unspecified atom stereocenters. The van der Waals surface area contributed by atoms with Gasteiger partial charge in [-0.05, 0) is 50.0 Å². The zero-order chi connectivity index (χ0) is 13.8. The number of hydrogen-bond acceptors (Lipinski definition) is 2. The van der Waals surface area contributed by atoms with Crippen LogP contribution in [-0.4, -0.2) is 23.5 Å². The van der Waals surface area contributed by atoms with Crippen molar-refractivity contribution in [3.05, 3.63) is 45.7 Å². The second-order valence-corrected chi connectivity index (χ2v) is 5.31. The number of rotatable bonds is 5. The Bertz CT molecular complexity index is 616. The number of aromatic amines is 1. The molecule has 3 nitrogen and oxygen atoms in total. The van der Waals surface area contributed by atoms with Crippen LogP contribution in [0.2, 0.25) is 0 Å². The molecule has 102 valence electrons. The third-order valence-corrected chi connectivity index (χ3v) is 3.41. The molecule has 0 spiro atoms. The maximum atomic E-state index is 12.1. The first kappa shape index (κ1) is 13.8. The highest BCUT2D eigenvalue weighted by Gasteiger charge is 2.06. The molecule has 19 heavy (non-hydrogen) atoms. The summed E-state index contributed by atoms with van der Waals surface area (Å²) in [6.07, 6.45) is 2.35. The van der Waals surface area contributed by atoms with E-state index in [1.165, 1.54) is 12.8 Å². The van der Waals surface area contributed by atoms with Crippen molar-refractivity contribution in [3.8, 4) is 0 Å². The lowest BCUT2D eigenvalue weighted by Gasteiger charge is -2.15. The fourth-order valence-corrected chi connectivity index (χ4v) is 2.28. The van der Waals surface area contributed by atoms with Gasteiger partial charge in [0.25, 0.3) is 5.56 Å². The predicted octanol–water partition coefficient (Wildman–Crippen LogP) is 3.07. The number of aryl methyl sites for hydroxylation is 1. The van der Waals surface area contributed by atoms with Crippen molar-refractivity contribution in [2.75, 3.05) is 13.6 Å². The normalized spacial score (nSPS) is 11.4. The molecule has 0 radical (unpaired) electrons. The lowest BCUT2D eigenvalue weighted by atomic mass is 10.1. The van der Waals surface area contributed by atoms with Crippen LogP contribution in [0.4, 0.5) is 0 Å². The van der Waals surface area contributed by atoms with Crippen LogP contribution in [0, 0.1) is 6.92 Å². The molecule has 2 aromatic rings. The van der Waals surface area contributed by atoms with Gasteiger partial charge in [-0.25, -0.2) is 0 Å². The van der Waals surface area contributed by atoms with Gasteiger partial charge in [-0.2, -0.15) is 0 Å². The molecule has 2 rings (SSSR count). The van der Waals surface area contributed by atoms with E-state index in [-0.39, 0.29) is 5.56 Å². The molecule has 3 heteroatoms. The van der Waals surface area contributed by atoms with E-state index in [2.05, 4.69) is 36.0 Å². The fraction of sp³-hybridized carbons (Fsp3) is 0.438. The number of hydrogen-bond donors (Lipinski definition) is 1. The largest absolute Gasteiger partial charge is 0.322 e. The second kappa shape index (κ2) is 6.02. The summed E-state index contributed by atoms with van der Waals surface area (Å²) < 4.78 is 0. The van der Waals surface area contributed by atoms with Gasteiger partial charge in [0.2, 0.25) is 0 Å². The van der Waals surface area contributed by atoms with E-state index in [0.717, 1.165) is 28.6 Å². The number of benzene rings is 1. The number of nitrogens with one attached hydrogen (secondary N) is 1. The van der Waals surface area contributed by atoms with Crippen molar-refractivity contribution in [1.82, 2.24) is 9.88 Å². The molecule has 0 fully saturated rings. The SMILES string of the molecule is CCCCN(C)Cc1cc2ccc(C)cc2[nH]c1=O. The highest BCUT2D eigenvalue weighted by Crippen LogP contribution is 2.13. The topological polar surface area (TPSA) is 36.1 Å². The monoisotopic (exact) mass is 258 g/mol. The van der Waals surface area contributed by atoms with Gasteiger partial charge in [0.1, 0.15) is 0 Å². The Balaban J connectivity index is 2.26. The number of fused-ring (bicyclic) bond motifs is 1. The quantitative estimate of drug-likeness (QED) is 0.894. The summed E-state index contributed by atoms with van der Waals surface area (Å²) in [6, 6.07) is 8.17. The van der Waals surface area contributed by atoms with Crippen LogP contribution < -0.4 is 5.56 Å². The van der Waals surface area contributed by atoms with E-state index >= 15 is 0 Å². The zero-order valence-electron chi connectivity index (χ0n) is 12.0. The van der Waals surface area contributed by atoms with E-state index < -0.39 is 0 Å². The summed E-state index contributed by atoms with van der Waals surface area (Å²) in [5.74, 6) is 0. The van der Waals surface area contributed by atoms with Gasteiger partial charge in [-0.1, -0.05) is 25.5 Å². The minimum atomic E-state index is 0.0291. The van der Waals surface area contributed by atoms with E-state index in [0.29, 0.717) is 6.54 Å². The van der Waals surface area contributed by atoms with Gasteiger partial charge in [0.05, 0.1) is 0 Å². The summed E-state index contributed by atoms with van der Waals surface area (Å²) >= 11 is 0. The van der Waals surface area contributed by atoms with Crippen LogP contribution in [0.3, 0.4) is 0 Å². The molecule has 1 aromatic heterocycles. The van der Waals surface area contributed by atoms with E-state index in [1.807, 2.05) is 19.1 Å². The Kier molecular flexibility index (Phi) is 4.38. The Labute approximate surface area is 114 Å². The molecule has 0 aliphatic carbocycles. The zero-order valence-corrected chi connectivity index (χ0v) is 12.0. The van der Waals surface area contributed by atoms with Crippen molar-refractivity contribution >= 4 is 10.9 Å². The van der Waals surface area contributed by atoms with Crippen molar-refractivity contribution in [1.29, 1.82) is 0 Å². The first-order valence-corrected chi connectivity index (χ1v) is 6.91. The summed E-state index contributed by atoms with van der Waals surface area (Å²) in [6.45, 7) is 5.95. The van der Waals surface area contributed by atoms with Gasteiger partial charge in [0.15, 0.2) is 0 Å². The molecule has 0 bridgehead atoms. The number of H-pyrrole nitrogens is 1. The summed E-state index contributed by atoms with van der Waals surface area (Å²) in [7, 11) is 2.06. The van der Waals surface area contributed by atoms with Gasteiger partial charge in [0, 0.05) is 17.6 Å². The van der Waals surface area contributed by atoms with Gasteiger partial charge < -0.3 is 9.88 Å².